The smallest absolute Gasteiger partial charge is 0.132 e. The van der Waals surface area contributed by atoms with Crippen LogP contribution in [0.4, 0.5) is 5.82 Å². The summed E-state index contributed by atoms with van der Waals surface area (Å²) in [6.07, 6.45) is 5.11. The third kappa shape index (κ3) is 4.54. The maximum Gasteiger partial charge on any atom is 0.132 e. The lowest BCUT2D eigenvalue weighted by molar-refractivity contribution is 0.452. The summed E-state index contributed by atoms with van der Waals surface area (Å²) in [4.78, 5) is 16.2. The highest BCUT2D eigenvalue weighted by molar-refractivity contribution is 5.41. The summed E-state index contributed by atoms with van der Waals surface area (Å²) < 4.78 is 0. The third-order valence-corrected chi connectivity index (χ3v) is 5.10. The second-order valence-corrected chi connectivity index (χ2v) is 7.21. The van der Waals surface area contributed by atoms with E-state index in [1.807, 2.05) is 19.2 Å². The Kier molecular flexibility index (Phi) is 5.63. The third-order valence-electron chi connectivity index (χ3n) is 5.10. The highest BCUT2D eigenvalue weighted by Crippen LogP contribution is 2.26. The monoisotopic (exact) mass is 339 g/mol. The van der Waals surface area contributed by atoms with Gasteiger partial charge in [-0.3, -0.25) is 4.98 Å². The SMILES string of the molecule is Cc1ccnc(C[C@H](C)N(C)c2cc(C3CCNCC3)nc(C)n2)c1. The van der Waals surface area contributed by atoms with Crippen molar-refractivity contribution in [3.05, 3.63) is 47.2 Å². The first-order valence-electron chi connectivity index (χ1n) is 9.23. The van der Waals surface area contributed by atoms with Gasteiger partial charge in [0.2, 0.25) is 0 Å². The Morgan fingerprint density at radius 2 is 1.96 bits per heavy atom. The molecule has 5 nitrogen and oxygen atoms in total. The van der Waals surface area contributed by atoms with E-state index >= 15 is 0 Å². The molecule has 0 radical (unpaired) electrons. The fraction of sp³-hybridized carbons (Fsp3) is 0.550. The van der Waals surface area contributed by atoms with Crippen molar-refractivity contribution < 1.29 is 0 Å². The average molecular weight is 339 g/mol. The molecule has 2 aromatic heterocycles. The topological polar surface area (TPSA) is 53.9 Å². The fourth-order valence-electron chi connectivity index (χ4n) is 3.46. The van der Waals surface area contributed by atoms with E-state index < -0.39 is 0 Å². The predicted octanol–water partition coefficient (Wildman–Crippen LogP) is 3.02. The summed E-state index contributed by atoms with van der Waals surface area (Å²) in [5, 5.41) is 3.43. The van der Waals surface area contributed by atoms with Crippen LogP contribution in [0, 0.1) is 13.8 Å². The maximum atomic E-state index is 4.72. The van der Waals surface area contributed by atoms with Crippen LogP contribution >= 0.6 is 0 Å². The van der Waals surface area contributed by atoms with Crippen LogP contribution in [0.3, 0.4) is 0 Å². The number of rotatable bonds is 5. The second kappa shape index (κ2) is 7.91. The van der Waals surface area contributed by atoms with Gasteiger partial charge in [-0.2, -0.15) is 0 Å². The van der Waals surface area contributed by atoms with Crippen molar-refractivity contribution in [2.24, 2.45) is 0 Å². The normalized spacial score (nSPS) is 16.6. The van der Waals surface area contributed by atoms with Crippen molar-refractivity contribution in [2.75, 3.05) is 25.0 Å². The van der Waals surface area contributed by atoms with Gasteiger partial charge in [0.1, 0.15) is 11.6 Å². The van der Waals surface area contributed by atoms with Crippen LogP contribution in [0.25, 0.3) is 0 Å². The van der Waals surface area contributed by atoms with Gasteiger partial charge in [0.05, 0.1) is 0 Å². The van der Waals surface area contributed by atoms with Crippen LogP contribution in [-0.2, 0) is 6.42 Å². The van der Waals surface area contributed by atoms with E-state index in [2.05, 4.69) is 53.2 Å². The summed E-state index contributed by atoms with van der Waals surface area (Å²) in [5.74, 6) is 2.42. The highest BCUT2D eigenvalue weighted by Gasteiger charge is 2.20. The van der Waals surface area contributed by atoms with Gasteiger partial charge in [-0.25, -0.2) is 9.97 Å². The molecule has 1 N–H and O–H groups in total. The molecule has 0 spiro atoms. The molecule has 1 atom stereocenters. The summed E-state index contributed by atoms with van der Waals surface area (Å²) in [6.45, 7) is 8.49. The van der Waals surface area contributed by atoms with Crippen molar-refractivity contribution in [2.45, 2.75) is 52.0 Å². The molecule has 1 fully saturated rings. The molecule has 1 saturated heterocycles. The molecule has 25 heavy (non-hydrogen) atoms. The van der Waals surface area contributed by atoms with Crippen molar-refractivity contribution in [3.63, 3.8) is 0 Å². The number of hydrogen-bond acceptors (Lipinski definition) is 5. The minimum atomic E-state index is 0.324. The Morgan fingerprint density at radius 1 is 1.20 bits per heavy atom. The number of anilines is 1. The highest BCUT2D eigenvalue weighted by atomic mass is 15.2. The first kappa shape index (κ1) is 17.8. The Balaban J connectivity index is 1.76. The van der Waals surface area contributed by atoms with E-state index in [-0.39, 0.29) is 0 Å². The van der Waals surface area contributed by atoms with Crippen LogP contribution in [0.1, 0.15) is 48.5 Å². The molecule has 3 heterocycles. The number of piperidine rings is 1. The second-order valence-electron chi connectivity index (χ2n) is 7.21. The number of nitrogens with zero attached hydrogens (tertiary/aromatic N) is 4. The van der Waals surface area contributed by atoms with Crippen molar-refractivity contribution >= 4 is 5.82 Å². The van der Waals surface area contributed by atoms with E-state index in [4.69, 9.17) is 4.98 Å². The number of aromatic nitrogens is 3. The van der Waals surface area contributed by atoms with Gasteiger partial charge >= 0.3 is 0 Å². The van der Waals surface area contributed by atoms with E-state index in [9.17, 15) is 0 Å². The summed E-state index contributed by atoms with van der Waals surface area (Å²) in [7, 11) is 2.12. The molecule has 2 aromatic rings. The molecule has 3 rings (SSSR count). The number of likely N-dealkylation sites (N-methyl/N-ethyl adjacent to an activating group) is 1. The number of aryl methyl sites for hydroxylation is 2. The van der Waals surface area contributed by atoms with Crippen LogP contribution in [0.5, 0.6) is 0 Å². The van der Waals surface area contributed by atoms with Crippen LogP contribution in [0.2, 0.25) is 0 Å². The minimum Gasteiger partial charge on any atom is -0.356 e. The lowest BCUT2D eigenvalue weighted by atomic mass is 9.94. The quantitative estimate of drug-likeness (QED) is 0.907. The van der Waals surface area contributed by atoms with E-state index in [1.165, 1.54) is 11.3 Å². The maximum absolute atomic E-state index is 4.72. The Morgan fingerprint density at radius 3 is 2.68 bits per heavy atom. The molecular weight excluding hydrogens is 310 g/mol. The van der Waals surface area contributed by atoms with Crippen LogP contribution in [-0.4, -0.2) is 41.1 Å². The van der Waals surface area contributed by atoms with E-state index in [0.717, 1.165) is 49.7 Å². The molecule has 1 aliphatic heterocycles. The van der Waals surface area contributed by atoms with Gasteiger partial charge in [-0.05, 0) is 64.4 Å². The van der Waals surface area contributed by atoms with Crippen molar-refractivity contribution in [1.82, 2.24) is 20.3 Å². The lowest BCUT2D eigenvalue weighted by Crippen LogP contribution is -2.32. The zero-order chi connectivity index (χ0) is 17.8. The summed E-state index contributed by atoms with van der Waals surface area (Å²) in [6, 6.07) is 6.71. The van der Waals surface area contributed by atoms with Gasteiger partial charge in [0.15, 0.2) is 0 Å². The molecule has 1 aliphatic rings. The molecule has 0 saturated carbocycles. The Labute approximate surface area is 150 Å². The van der Waals surface area contributed by atoms with Gasteiger partial charge in [-0.1, -0.05) is 0 Å². The van der Waals surface area contributed by atoms with E-state index in [1.54, 1.807) is 0 Å². The summed E-state index contributed by atoms with van der Waals surface area (Å²) in [5.41, 5.74) is 3.58. The predicted molar refractivity (Wildman–Crippen MR) is 102 cm³/mol. The number of hydrogen-bond donors (Lipinski definition) is 1. The van der Waals surface area contributed by atoms with Crippen LogP contribution < -0.4 is 10.2 Å². The van der Waals surface area contributed by atoms with Gasteiger partial charge in [0, 0.05) is 49.1 Å². The molecule has 0 unspecified atom stereocenters. The van der Waals surface area contributed by atoms with Gasteiger partial charge < -0.3 is 10.2 Å². The van der Waals surface area contributed by atoms with Gasteiger partial charge in [-0.15, -0.1) is 0 Å². The molecule has 134 valence electrons. The average Bonchev–Trinajstić information content (AvgIpc) is 2.61. The molecule has 0 bridgehead atoms. The zero-order valence-electron chi connectivity index (χ0n) is 15.8. The number of nitrogens with one attached hydrogen (secondary N) is 1. The molecular formula is C20H29N5. The molecule has 0 aromatic carbocycles. The Hall–Kier alpha value is -2.01. The molecule has 0 amide bonds. The zero-order valence-corrected chi connectivity index (χ0v) is 15.8. The van der Waals surface area contributed by atoms with E-state index in [0.29, 0.717) is 12.0 Å². The first-order chi connectivity index (χ1) is 12.0. The molecule has 0 aliphatic carbocycles. The van der Waals surface area contributed by atoms with Crippen molar-refractivity contribution in [1.29, 1.82) is 0 Å². The molecule has 5 heteroatoms. The standard InChI is InChI=1S/C20H29N5/c1-14-5-10-22-18(11-14)12-15(2)25(4)20-13-19(23-16(3)24-20)17-6-8-21-9-7-17/h5,10-11,13,15,17,21H,6-9,12H2,1-4H3/t15-/m0/s1. The largest absolute Gasteiger partial charge is 0.356 e. The number of pyridine rings is 1. The minimum absolute atomic E-state index is 0.324. The lowest BCUT2D eigenvalue weighted by Gasteiger charge is -2.28. The summed E-state index contributed by atoms with van der Waals surface area (Å²) >= 11 is 0. The van der Waals surface area contributed by atoms with Crippen LogP contribution in [0.15, 0.2) is 24.4 Å². The fourth-order valence-corrected chi connectivity index (χ4v) is 3.46. The Bertz CT molecular complexity index is 709. The van der Waals surface area contributed by atoms with Crippen molar-refractivity contribution in [3.8, 4) is 0 Å². The van der Waals surface area contributed by atoms with Gasteiger partial charge in [0.25, 0.3) is 0 Å². The first-order valence-corrected chi connectivity index (χ1v) is 9.23.